The molecule has 0 spiro atoms. The molecule has 1 nitrogen and oxygen atoms in total. The first-order valence-electron chi connectivity index (χ1n) is 7.03. The fourth-order valence-corrected chi connectivity index (χ4v) is 2.82. The summed E-state index contributed by atoms with van der Waals surface area (Å²) >= 11 is 9.52. The Morgan fingerprint density at radius 2 is 2.00 bits per heavy atom. The van der Waals surface area contributed by atoms with Crippen molar-refractivity contribution >= 4 is 27.5 Å². The van der Waals surface area contributed by atoms with Crippen LogP contribution in [0.5, 0.6) is 0 Å². The van der Waals surface area contributed by atoms with Crippen molar-refractivity contribution in [1.29, 1.82) is 0 Å². The lowest BCUT2D eigenvalue weighted by Crippen LogP contribution is -2.25. The first kappa shape index (κ1) is 16.5. The van der Waals surface area contributed by atoms with Gasteiger partial charge in [0.25, 0.3) is 0 Å². The molecule has 0 fully saturated rings. The average molecular weight is 371 g/mol. The highest BCUT2D eigenvalue weighted by atomic mass is 79.9. The van der Waals surface area contributed by atoms with Gasteiger partial charge in [0.1, 0.15) is 5.82 Å². The van der Waals surface area contributed by atoms with Crippen LogP contribution in [0.1, 0.15) is 30.5 Å². The Bertz CT molecular complexity index is 603. The van der Waals surface area contributed by atoms with Crippen molar-refractivity contribution in [3.63, 3.8) is 0 Å². The van der Waals surface area contributed by atoms with Crippen molar-refractivity contribution in [2.45, 2.75) is 25.8 Å². The van der Waals surface area contributed by atoms with E-state index in [1.807, 2.05) is 36.4 Å². The Hall–Kier alpha value is -0.900. The van der Waals surface area contributed by atoms with E-state index in [1.165, 1.54) is 6.07 Å². The van der Waals surface area contributed by atoms with Crippen molar-refractivity contribution in [1.82, 2.24) is 5.32 Å². The topological polar surface area (TPSA) is 12.0 Å². The van der Waals surface area contributed by atoms with E-state index in [0.29, 0.717) is 12.0 Å². The van der Waals surface area contributed by atoms with Crippen LogP contribution in [0.15, 0.2) is 46.9 Å². The van der Waals surface area contributed by atoms with Crippen LogP contribution in [0.3, 0.4) is 0 Å². The molecule has 0 bridgehead atoms. The molecule has 0 aliphatic heterocycles. The van der Waals surface area contributed by atoms with Crippen LogP contribution in [-0.2, 0) is 6.42 Å². The van der Waals surface area contributed by atoms with Gasteiger partial charge >= 0.3 is 0 Å². The Labute approximate surface area is 138 Å². The zero-order chi connectivity index (χ0) is 15.2. The fourth-order valence-electron chi connectivity index (χ4n) is 2.28. The van der Waals surface area contributed by atoms with Crippen LogP contribution in [0, 0.1) is 5.82 Å². The fraction of sp³-hybridized carbons (Fsp3) is 0.294. The summed E-state index contributed by atoms with van der Waals surface area (Å²) in [7, 11) is 0. The van der Waals surface area contributed by atoms with E-state index in [4.69, 9.17) is 11.6 Å². The maximum absolute atomic E-state index is 14.2. The van der Waals surface area contributed by atoms with Crippen LogP contribution < -0.4 is 5.32 Å². The summed E-state index contributed by atoms with van der Waals surface area (Å²) in [5.41, 5.74) is 1.70. The molecule has 1 atom stereocenters. The van der Waals surface area contributed by atoms with E-state index >= 15 is 0 Å². The number of benzene rings is 2. The van der Waals surface area contributed by atoms with Gasteiger partial charge in [0, 0.05) is 21.1 Å². The van der Waals surface area contributed by atoms with E-state index < -0.39 is 0 Å². The largest absolute Gasteiger partial charge is 0.310 e. The SMILES string of the molecule is CCCNC(Cc1ccccc1Cl)c1ccc(Br)cc1F. The molecule has 1 unspecified atom stereocenters. The molecule has 21 heavy (non-hydrogen) atoms. The Morgan fingerprint density at radius 3 is 2.67 bits per heavy atom. The standard InChI is InChI=1S/C17H18BrClFN/c1-2-9-21-17(10-12-5-3-4-6-15(12)19)14-8-7-13(18)11-16(14)20/h3-8,11,17,21H,2,9-10H2,1H3. The van der Waals surface area contributed by atoms with E-state index in [1.54, 1.807) is 0 Å². The van der Waals surface area contributed by atoms with E-state index in [9.17, 15) is 4.39 Å². The van der Waals surface area contributed by atoms with Gasteiger partial charge in [0.2, 0.25) is 0 Å². The molecule has 2 aromatic carbocycles. The molecule has 4 heteroatoms. The first-order chi connectivity index (χ1) is 10.1. The third kappa shape index (κ3) is 4.53. The maximum atomic E-state index is 14.2. The van der Waals surface area contributed by atoms with Crippen LogP contribution in [0.2, 0.25) is 5.02 Å². The number of hydrogen-bond acceptors (Lipinski definition) is 1. The minimum Gasteiger partial charge on any atom is -0.310 e. The molecular formula is C17H18BrClFN. The summed E-state index contributed by atoms with van der Waals surface area (Å²) in [4.78, 5) is 0. The monoisotopic (exact) mass is 369 g/mol. The maximum Gasteiger partial charge on any atom is 0.129 e. The molecule has 112 valence electrons. The molecule has 0 saturated carbocycles. The number of rotatable bonds is 6. The summed E-state index contributed by atoms with van der Waals surface area (Å²) in [5.74, 6) is -0.204. The average Bonchev–Trinajstić information content (AvgIpc) is 2.46. The molecular weight excluding hydrogens is 353 g/mol. The minimum atomic E-state index is -0.204. The van der Waals surface area contributed by atoms with Crippen molar-refractivity contribution in [2.24, 2.45) is 0 Å². The zero-order valence-electron chi connectivity index (χ0n) is 11.9. The molecule has 0 amide bonds. The second-order valence-corrected chi connectivity index (χ2v) is 6.29. The summed E-state index contributed by atoms with van der Waals surface area (Å²) in [6.07, 6.45) is 1.66. The van der Waals surface area contributed by atoms with Gasteiger partial charge in [-0.1, -0.05) is 58.7 Å². The molecule has 2 aromatic rings. The third-order valence-corrected chi connectivity index (χ3v) is 4.22. The molecule has 0 heterocycles. The quantitative estimate of drug-likeness (QED) is 0.705. The molecule has 0 radical (unpaired) electrons. The second kappa shape index (κ2) is 7.92. The molecule has 0 saturated heterocycles. The third-order valence-electron chi connectivity index (χ3n) is 3.36. The van der Waals surface area contributed by atoms with E-state index in [0.717, 1.165) is 28.0 Å². The van der Waals surface area contributed by atoms with Crippen molar-refractivity contribution in [3.8, 4) is 0 Å². The van der Waals surface area contributed by atoms with Crippen LogP contribution in [0.25, 0.3) is 0 Å². The van der Waals surface area contributed by atoms with Gasteiger partial charge in [-0.3, -0.25) is 0 Å². The predicted octanol–water partition coefficient (Wildman–Crippen LogP) is 5.53. The molecule has 0 aliphatic carbocycles. The van der Waals surface area contributed by atoms with E-state index in [2.05, 4.69) is 28.2 Å². The molecule has 0 aromatic heterocycles. The highest BCUT2D eigenvalue weighted by Gasteiger charge is 2.17. The van der Waals surface area contributed by atoms with Gasteiger partial charge in [-0.25, -0.2) is 4.39 Å². The van der Waals surface area contributed by atoms with E-state index in [-0.39, 0.29) is 11.9 Å². The lowest BCUT2D eigenvalue weighted by molar-refractivity contribution is 0.497. The Morgan fingerprint density at radius 1 is 1.24 bits per heavy atom. The van der Waals surface area contributed by atoms with Crippen LogP contribution >= 0.6 is 27.5 Å². The highest BCUT2D eigenvalue weighted by molar-refractivity contribution is 9.10. The van der Waals surface area contributed by atoms with Gasteiger partial charge in [0.05, 0.1) is 0 Å². The Kier molecular flexibility index (Phi) is 6.22. The van der Waals surface area contributed by atoms with Gasteiger partial charge in [-0.05, 0) is 43.1 Å². The summed E-state index contributed by atoms with van der Waals surface area (Å²) in [6, 6.07) is 12.8. The van der Waals surface area contributed by atoms with Crippen molar-refractivity contribution in [2.75, 3.05) is 6.54 Å². The van der Waals surface area contributed by atoms with Crippen LogP contribution in [0.4, 0.5) is 4.39 Å². The highest BCUT2D eigenvalue weighted by Crippen LogP contribution is 2.26. The second-order valence-electron chi connectivity index (χ2n) is 4.97. The van der Waals surface area contributed by atoms with Gasteiger partial charge in [-0.2, -0.15) is 0 Å². The first-order valence-corrected chi connectivity index (χ1v) is 8.20. The molecule has 2 rings (SSSR count). The lowest BCUT2D eigenvalue weighted by Gasteiger charge is -2.20. The zero-order valence-corrected chi connectivity index (χ0v) is 14.2. The summed E-state index contributed by atoms with van der Waals surface area (Å²) in [6.45, 7) is 2.93. The van der Waals surface area contributed by atoms with Gasteiger partial charge in [0.15, 0.2) is 0 Å². The number of nitrogens with one attached hydrogen (secondary N) is 1. The normalized spacial score (nSPS) is 12.4. The summed E-state index contributed by atoms with van der Waals surface area (Å²) < 4.78 is 15.0. The molecule has 1 N–H and O–H groups in total. The van der Waals surface area contributed by atoms with Crippen molar-refractivity contribution in [3.05, 3.63) is 68.9 Å². The minimum absolute atomic E-state index is 0.0852. The van der Waals surface area contributed by atoms with Gasteiger partial charge in [-0.15, -0.1) is 0 Å². The predicted molar refractivity (Wildman–Crippen MR) is 90.3 cm³/mol. The lowest BCUT2D eigenvalue weighted by atomic mass is 9.98. The smallest absolute Gasteiger partial charge is 0.129 e. The number of hydrogen-bond donors (Lipinski definition) is 1. The number of halogens is 3. The summed E-state index contributed by atoms with van der Waals surface area (Å²) in [5, 5.41) is 4.13. The molecule has 0 aliphatic rings. The van der Waals surface area contributed by atoms with Crippen LogP contribution in [-0.4, -0.2) is 6.54 Å². The van der Waals surface area contributed by atoms with Gasteiger partial charge < -0.3 is 5.32 Å². The van der Waals surface area contributed by atoms with Crippen molar-refractivity contribution < 1.29 is 4.39 Å². The Balaban J connectivity index is 2.27.